The zero-order valence-electron chi connectivity index (χ0n) is 13.6. The lowest BCUT2D eigenvalue weighted by Gasteiger charge is -2.20. The summed E-state index contributed by atoms with van der Waals surface area (Å²) in [7, 11) is 0. The van der Waals surface area contributed by atoms with Gasteiger partial charge in [0.2, 0.25) is 0 Å². The lowest BCUT2D eigenvalue weighted by molar-refractivity contribution is -0.0163. The van der Waals surface area contributed by atoms with Crippen LogP contribution < -0.4 is 10.1 Å². The van der Waals surface area contributed by atoms with E-state index in [9.17, 15) is 0 Å². The van der Waals surface area contributed by atoms with E-state index in [-0.39, 0.29) is 11.1 Å². The molecule has 0 saturated heterocycles. The third kappa shape index (κ3) is 8.12. The van der Waals surface area contributed by atoms with Crippen LogP contribution in [0.15, 0.2) is 18.3 Å². The first-order valence-electron chi connectivity index (χ1n) is 7.12. The summed E-state index contributed by atoms with van der Waals surface area (Å²) in [6.07, 6.45) is 1.78. The highest BCUT2D eigenvalue weighted by Crippen LogP contribution is 2.12. The third-order valence-electron chi connectivity index (χ3n) is 2.48. The number of nitrogens with one attached hydrogen (secondary N) is 1. The second-order valence-electron chi connectivity index (χ2n) is 6.90. The Morgan fingerprint density at radius 2 is 1.80 bits per heavy atom. The van der Waals surface area contributed by atoms with Gasteiger partial charge in [0.05, 0.1) is 17.9 Å². The Morgan fingerprint density at radius 3 is 2.40 bits per heavy atom. The van der Waals surface area contributed by atoms with Gasteiger partial charge in [0.1, 0.15) is 12.4 Å². The second kappa shape index (κ2) is 7.04. The van der Waals surface area contributed by atoms with Crippen molar-refractivity contribution in [3.05, 3.63) is 24.0 Å². The molecule has 4 heteroatoms. The first-order valence-corrected chi connectivity index (χ1v) is 7.12. The fraction of sp³-hybridized carbons (Fsp3) is 0.688. The van der Waals surface area contributed by atoms with Crippen molar-refractivity contribution >= 4 is 0 Å². The number of pyridine rings is 1. The van der Waals surface area contributed by atoms with E-state index >= 15 is 0 Å². The predicted octanol–water partition coefficient (Wildman–Crippen LogP) is 3.16. The maximum absolute atomic E-state index is 5.68. The summed E-state index contributed by atoms with van der Waals surface area (Å²) in [4.78, 5) is 4.34. The standard InChI is InChI=1S/C16H28N2O2/c1-15(2,3)18-12-13-11-14(7-8-17-13)19-9-10-20-16(4,5)6/h7-8,11,18H,9-10,12H2,1-6H3. The lowest BCUT2D eigenvalue weighted by atomic mass is 10.1. The van der Waals surface area contributed by atoms with Gasteiger partial charge in [-0.3, -0.25) is 4.98 Å². The monoisotopic (exact) mass is 280 g/mol. The zero-order valence-corrected chi connectivity index (χ0v) is 13.6. The fourth-order valence-corrected chi connectivity index (χ4v) is 1.51. The molecule has 1 rings (SSSR count). The van der Waals surface area contributed by atoms with Gasteiger partial charge in [-0.15, -0.1) is 0 Å². The first-order chi connectivity index (χ1) is 9.16. The van der Waals surface area contributed by atoms with Gasteiger partial charge in [-0.25, -0.2) is 0 Å². The highest BCUT2D eigenvalue weighted by Gasteiger charge is 2.10. The van der Waals surface area contributed by atoms with Gasteiger partial charge in [-0.2, -0.15) is 0 Å². The van der Waals surface area contributed by atoms with E-state index in [0.29, 0.717) is 13.2 Å². The summed E-state index contributed by atoms with van der Waals surface area (Å²) in [5, 5.41) is 3.41. The summed E-state index contributed by atoms with van der Waals surface area (Å²) in [6.45, 7) is 14.4. The van der Waals surface area contributed by atoms with Gasteiger partial charge in [-0.1, -0.05) is 0 Å². The van der Waals surface area contributed by atoms with Gasteiger partial charge in [0.15, 0.2) is 0 Å². The average molecular weight is 280 g/mol. The van der Waals surface area contributed by atoms with Crippen LogP contribution in [0.3, 0.4) is 0 Å². The molecule has 0 amide bonds. The minimum Gasteiger partial charge on any atom is -0.491 e. The lowest BCUT2D eigenvalue weighted by Crippen LogP contribution is -2.35. The van der Waals surface area contributed by atoms with Crippen molar-refractivity contribution in [2.75, 3.05) is 13.2 Å². The van der Waals surface area contributed by atoms with E-state index in [4.69, 9.17) is 9.47 Å². The Morgan fingerprint density at radius 1 is 1.10 bits per heavy atom. The van der Waals surface area contributed by atoms with E-state index in [1.165, 1.54) is 0 Å². The van der Waals surface area contributed by atoms with Crippen LogP contribution in [0, 0.1) is 0 Å². The molecule has 1 heterocycles. The molecule has 1 aromatic heterocycles. The number of hydrogen-bond donors (Lipinski definition) is 1. The number of hydrogen-bond acceptors (Lipinski definition) is 4. The quantitative estimate of drug-likeness (QED) is 0.813. The fourth-order valence-electron chi connectivity index (χ4n) is 1.51. The predicted molar refractivity (Wildman–Crippen MR) is 82.0 cm³/mol. The van der Waals surface area contributed by atoms with Gasteiger partial charge < -0.3 is 14.8 Å². The van der Waals surface area contributed by atoms with Crippen LogP contribution in [-0.4, -0.2) is 29.3 Å². The topological polar surface area (TPSA) is 43.4 Å². The van der Waals surface area contributed by atoms with Crippen molar-refractivity contribution in [1.29, 1.82) is 0 Å². The molecule has 0 bridgehead atoms. The Balaban J connectivity index is 2.40. The molecule has 4 nitrogen and oxygen atoms in total. The SMILES string of the molecule is CC(C)(C)NCc1cc(OCCOC(C)(C)C)ccn1. The Kier molecular flexibility index (Phi) is 5.96. The molecule has 0 spiro atoms. The molecule has 0 atom stereocenters. The van der Waals surface area contributed by atoms with Crippen LogP contribution in [0.1, 0.15) is 47.2 Å². The molecule has 0 fully saturated rings. The van der Waals surface area contributed by atoms with Crippen LogP contribution in [0.4, 0.5) is 0 Å². The molecular formula is C16H28N2O2. The molecular weight excluding hydrogens is 252 g/mol. The van der Waals surface area contributed by atoms with Crippen molar-refractivity contribution in [2.45, 2.75) is 59.2 Å². The maximum atomic E-state index is 5.68. The normalized spacial score (nSPS) is 12.5. The van der Waals surface area contributed by atoms with Crippen molar-refractivity contribution in [3.63, 3.8) is 0 Å². The number of nitrogens with zero attached hydrogens (tertiary/aromatic N) is 1. The number of rotatable bonds is 6. The van der Waals surface area contributed by atoms with Crippen LogP contribution >= 0.6 is 0 Å². The summed E-state index contributed by atoms with van der Waals surface area (Å²) in [5.41, 5.74) is 0.942. The smallest absolute Gasteiger partial charge is 0.122 e. The molecule has 1 N–H and O–H groups in total. The van der Waals surface area contributed by atoms with Crippen LogP contribution in [-0.2, 0) is 11.3 Å². The third-order valence-corrected chi connectivity index (χ3v) is 2.48. The van der Waals surface area contributed by atoms with E-state index < -0.39 is 0 Å². The van der Waals surface area contributed by atoms with Gasteiger partial charge in [0, 0.05) is 24.3 Å². The Bertz CT molecular complexity index is 406. The van der Waals surface area contributed by atoms with Crippen LogP contribution in [0.5, 0.6) is 5.75 Å². The molecule has 1 aromatic rings. The van der Waals surface area contributed by atoms with Crippen molar-refractivity contribution in [2.24, 2.45) is 0 Å². The molecule has 0 aliphatic rings. The largest absolute Gasteiger partial charge is 0.491 e. The van der Waals surface area contributed by atoms with Crippen LogP contribution in [0.25, 0.3) is 0 Å². The molecule has 0 unspecified atom stereocenters. The Labute approximate surface area is 122 Å². The first kappa shape index (κ1) is 16.9. The van der Waals surface area contributed by atoms with E-state index in [2.05, 4.69) is 31.1 Å². The molecule has 20 heavy (non-hydrogen) atoms. The van der Waals surface area contributed by atoms with Crippen molar-refractivity contribution in [1.82, 2.24) is 10.3 Å². The van der Waals surface area contributed by atoms with E-state index in [1.54, 1.807) is 6.20 Å². The maximum Gasteiger partial charge on any atom is 0.122 e. The molecule has 114 valence electrons. The summed E-state index contributed by atoms with van der Waals surface area (Å²) in [5.74, 6) is 0.836. The molecule has 0 radical (unpaired) electrons. The second-order valence-corrected chi connectivity index (χ2v) is 6.90. The van der Waals surface area contributed by atoms with Crippen molar-refractivity contribution in [3.8, 4) is 5.75 Å². The minimum absolute atomic E-state index is 0.0824. The van der Waals surface area contributed by atoms with Gasteiger partial charge >= 0.3 is 0 Å². The van der Waals surface area contributed by atoms with Crippen molar-refractivity contribution < 1.29 is 9.47 Å². The average Bonchev–Trinajstić information content (AvgIpc) is 2.31. The van der Waals surface area contributed by atoms with Gasteiger partial charge in [-0.05, 0) is 47.6 Å². The van der Waals surface area contributed by atoms with Crippen LogP contribution in [0.2, 0.25) is 0 Å². The van der Waals surface area contributed by atoms with Gasteiger partial charge in [0.25, 0.3) is 0 Å². The summed E-state index contributed by atoms with van der Waals surface area (Å²) < 4.78 is 11.3. The van der Waals surface area contributed by atoms with E-state index in [1.807, 2.05) is 32.9 Å². The highest BCUT2D eigenvalue weighted by molar-refractivity contribution is 5.22. The Hall–Kier alpha value is -1.13. The molecule has 0 aliphatic heterocycles. The number of aromatic nitrogens is 1. The number of ether oxygens (including phenoxy) is 2. The molecule has 0 aromatic carbocycles. The zero-order chi connectivity index (χ0) is 15.2. The summed E-state index contributed by atoms with van der Waals surface area (Å²) >= 11 is 0. The van der Waals surface area contributed by atoms with E-state index in [0.717, 1.165) is 18.0 Å². The highest BCUT2D eigenvalue weighted by atomic mass is 16.5. The minimum atomic E-state index is -0.122. The molecule has 0 saturated carbocycles. The molecule has 0 aliphatic carbocycles. The summed E-state index contributed by atoms with van der Waals surface area (Å²) in [6, 6.07) is 3.84.